The van der Waals surface area contributed by atoms with Gasteiger partial charge >= 0.3 is 6.18 Å². The monoisotopic (exact) mass is 263 g/mol. The van der Waals surface area contributed by atoms with E-state index in [-0.39, 0.29) is 5.56 Å². The number of nitrogens with zero attached hydrogens (tertiary/aromatic N) is 1. The summed E-state index contributed by atoms with van der Waals surface area (Å²) in [5, 5.41) is 8.49. The number of hydrogen-bond donors (Lipinski definition) is 0. The molecule has 0 aliphatic rings. The van der Waals surface area contributed by atoms with Crippen LogP contribution in [0.4, 0.5) is 13.2 Å². The molecule has 0 radical (unpaired) electrons. The quantitative estimate of drug-likeness (QED) is 0.762. The number of benzene rings is 1. The lowest BCUT2D eigenvalue weighted by Gasteiger charge is -2.07. The first-order valence-corrected chi connectivity index (χ1v) is 4.47. The largest absolute Gasteiger partial charge is 0.393 e. The second-order valence-corrected chi connectivity index (χ2v) is 3.56. The lowest BCUT2D eigenvalue weighted by atomic mass is 10.1. The summed E-state index contributed by atoms with van der Waals surface area (Å²) >= 11 is 2.99. The molecule has 1 aromatic rings. The number of halogens is 4. The molecular formula is C9H5BrF3N. The number of rotatable bonds is 1. The average Bonchev–Trinajstić information content (AvgIpc) is 2.06. The maximum Gasteiger partial charge on any atom is 0.393 e. The third kappa shape index (κ3) is 3.04. The molecule has 0 saturated heterocycles. The van der Waals surface area contributed by atoms with Gasteiger partial charge in [0.05, 0.1) is 18.1 Å². The van der Waals surface area contributed by atoms with Gasteiger partial charge in [0.25, 0.3) is 0 Å². The predicted molar refractivity (Wildman–Crippen MR) is 48.6 cm³/mol. The summed E-state index contributed by atoms with van der Waals surface area (Å²) in [5.74, 6) is 0. The molecule has 0 N–H and O–H groups in total. The Hall–Kier alpha value is -1.02. The van der Waals surface area contributed by atoms with E-state index in [9.17, 15) is 13.2 Å². The maximum absolute atomic E-state index is 12.0. The van der Waals surface area contributed by atoms with E-state index in [1.807, 2.05) is 6.07 Å². The van der Waals surface area contributed by atoms with E-state index in [0.717, 1.165) is 0 Å². The molecule has 0 unspecified atom stereocenters. The van der Waals surface area contributed by atoms with E-state index in [1.54, 1.807) is 0 Å². The molecule has 0 amide bonds. The lowest BCUT2D eigenvalue weighted by molar-refractivity contribution is -0.127. The van der Waals surface area contributed by atoms with Crippen LogP contribution in [-0.2, 0) is 6.42 Å². The minimum atomic E-state index is -4.23. The fourth-order valence-electron chi connectivity index (χ4n) is 0.976. The van der Waals surface area contributed by atoms with Crippen LogP contribution in [0.1, 0.15) is 11.1 Å². The average molecular weight is 264 g/mol. The molecule has 0 spiro atoms. The highest BCUT2D eigenvalue weighted by Crippen LogP contribution is 2.26. The first-order valence-electron chi connectivity index (χ1n) is 3.67. The summed E-state index contributed by atoms with van der Waals surface area (Å²) in [6, 6.07) is 5.89. The van der Waals surface area contributed by atoms with Gasteiger partial charge in [0.15, 0.2) is 0 Å². The Morgan fingerprint density at radius 3 is 2.43 bits per heavy atom. The van der Waals surface area contributed by atoms with E-state index in [0.29, 0.717) is 10.0 Å². The van der Waals surface area contributed by atoms with Gasteiger partial charge in [0.1, 0.15) is 0 Å². The Kier molecular flexibility index (Phi) is 3.17. The van der Waals surface area contributed by atoms with Crippen LogP contribution >= 0.6 is 15.9 Å². The second-order valence-electron chi connectivity index (χ2n) is 2.71. The molecule has 0 saturated carbocycles. The van der Waals surface area contributed by atoms with Crippen LogP contribution in [0.25, 0.3) is 0 Å². The zero-order valence-corrected chi connectivity index (χ0v) is 8.48. The molecule has 0 aliphatic heterocycles. The van der Waals surface area contributed by atoms with Gasteiger partial charge in [0, 0.05) is 4.47 Å². The fraction of sp³-hybridized carbons (Fsp3) is 0.222. The van der Waals surface area contributed by atoms with Gasteiger partial charge in [-0.1, -0.05) is 22.0 Å². The fourth-order valence-corrected chi connectivity index (χ4v) is 1.50. The Bertz CT molecular complexity index is 379. The SMILES string of the molecule is N#Cc1ccc(CC(F)(F)F)c(Br)c1. The van der Waals surface area contributed by atoms with Gasteiger partial charge in [-0.25, -0.2) is 0 Å². The number of alkyl halides is 3. The van der Waals surface area contributed by atoms with Crippen molar-refractivity contribution in [3.8, 4) is 6.07 Å². The molecule has 0 aliphatic carbocycles. The summed E-state index contributed by atoms with van der Waals surface area (Å²) in [7, 11) is 0. The first-order chi connectivity index (χ1) is 6.42. The normalized spacial score (nSPS) is 11.1. The van der Waals surface area contributed by atoms with Gasteiger partial charge in [-0.2, -0.15) is 18.4 Å². The summed E-state index contributed by atoms with van der Waals surface area (Å²) in [4.78, 5) is 0. The van der Waals surface area contributed by atoms with Crippen molar-refractivity contribution in [2.75, 3.05) is 0 Å². The van der Waals surface area contributed by atoms with Gasteiger partial charge in [0.2, 0.25) is 0 Å². The number of nitriles is 1. The topological polar surface area (TPSA) is 23.8 Å². The molecule has 0 aromatic heterocycles. The van der Waals surface area contributed by atoms with Crippen molar-refractivity contribution in [2.24, 2.45) is 0 Å². The van der Waals surface area contributed by atoms with Gasteiger partial charge in [-0.05, 0) is 17.7 Å². The molecule has 0 atom stereocenters. The Balaban J connectivity index is 2.97. The highest BCUT2D eigenvalue weighted by atomic mass is 79.9. The molecule has 14 heavy (non-hydrogen) atoms. The van der Waals surface area contributed by atoms with Crippen molar-refractivity contribution in [3.05, 3.63) is 33.8 Å². The lowest BCUT2D eigenvalue weighted by Crippen LogP contribution is -2.11. The zero-order chi connectivity index (χ0) is 10.8. The molecule has 74 valence electrons. The van der Waals surface area contributed by atoms with Crippen LogP contribution < -0.4 is 0 Å². The van der Waals surface area contributed by atoms with E-state index in [4.69, 9.17) is 5.26 Å². The van der Waals surface area contributed by atoms with E-state index >= 15 is 0 Å². The van der Waals surface area contributed by atoms with E-state index in [2.05, 4.69) is 15.9 Å². The molecular weight excluding hydrogens is 259 g/mol. The maximum atomic E-state index is 12.0. The van der Waals surface area contributed by atoms with Gasteiger partial charge in [-0.15, -0.1) is 0 Å². The highest BCUT2D eigenvalue weighted by molar-refractivity contribution is 9.10. The van der Waals surface area contributed by atoms with Crippen LogP contribution in [-0.4, -0.2) is 6.18 Å². The second kappa shape index (κ2) is 4.01. The summed E-state index contributed by atoms with van der Waals surface area (Å²) in [6.45, 7) is 0. The third-order valence-electron chi connectivity index (χ3n) is 1.57. The highest BCUT2D eigenvalue weighted by Gasteiger charge is 2.28. The van der Waals surface area contributed by atoms with Crippen molar-refractivity contribution in [3.63, 3.8) is 0 Å². The molecule has 1 rings (SSSR count). The van der Waals surface area contributed by atoms with Crippen molar-refractivity contribution in [2.45, 2.75) is 12.6 Å². The molecule has 1 nitrogen and oxygen atoms in total. The zero-order valence-electron chi connectivity index (χ0n) is 6.90. The molecule has 1 aromatic carbocycles. The smallest absolute Gasteiger partial charge is 0.192 e. The minimum Gasteiger partial charge on any atom is -0.192 e. The van der Waals surface area contributed by atoms with Crippen LogP contribution in [0.3, 0.4) is 0 Å². The summed E-state index contributed by atoms with van der Waals surface area (Å²) < 4.78 is 36.4. The van der Waals surface area contributed by atoms with Crippen molar-refractivity contribution in [1.29, 1.82) is 5.26 Å². The Labute approximate surface area is 87.3 Å². The number of hydrogen-bond acceptors (Lipinski definition) is 1. The Morgan fingerprint density at radius 1 is 1.36 bits per heavy atom. The van der Waals surface area contributed by atoms with E-state index in [1.165, 1.54) is 18.2 Å². The van der Waals surface area contributed by atoms with Crippen LogP contribution in [0.2, 0.25) is 0 Å². The standard InChI is InChI=1S/C9H5BrF3N/c10-8-3-6(5-14)1-2-7(8)4-9(11,12)13/h1-3H,4H2. The van der Waals surface area contributed by atoms with Crippen LogP contribution in [0.15, 0.2) is 22.7 Å². The third-order valence-corrected chi connectivity index (χ3v) is 2.31. The van der Waals surface area contributed by atoms with Crippen LogP contribution in [0.5, 0.6) is 0 Å². The minimum absolute atomic E-state index is 0.136. The van der Waals surface area contributed by atoms with E-state index < -0.39 is 12.6 Å². The van der Waals surface area contributed by atoms with Gasteiger partial charge in [-0.3, -0.25) is 0 Å². The Morgan fingerprint density at radius 2 is 2.00 bits per heavy atom. The predicted octanol–water partition coefficient (Wildman–Crippen LogP) is 3.43. The van der Waals surface area contributed by atoms with Gasteiger partial charge < -0.3 is 0 Å². The summed E-state index contributed by atoms with van der Waals surface area (Å²) in [5.41, 5.74) is 0.472. The molecule has 0 bridgehead atoms. The molecule has 5 heteroatoms. The van der Waals surface area contributed by atoms with Crippen LogP contribution in [0, 0.1) is 11.3 Å². The summed E-state index contributed by atoms with van der Waals surface area (Å²) in [6.07, 6.45) is -5.21. The first kappa shape index (κ1) is 11.1. The van der Waals surface area contributed by atoms with Crippen molar-refractivity contribution in [1.82, 2.24) is 0 Å². The molecule has 0 fully saturated rings. The van der Waals surface area contributed by atoms with Crippen molar-refractivity contribution >= 4 is 15.9 Å². The van der Waals surface area contributed by atoms with Crippen molar-refractivity contribution < 1.29 is 13.2 Å². The molecule has 0 heterocycles.